The summed E-state index contributed by atoms with van der Waals surface area (Å²) in [4.78, 5) is 84.7. The number of halogens is 2. The van der Waals surface area contributed by atoms with E-state index in [0.29, 0.717) is 35.2 Å². The van der Waals surface area contributed by atoms with E-state index in [1.54, 1.807) is 57.2 Å². The molecule has 5 heterocycles. The molecule has 1 aliphatic carbocycles. The molecule has 3 N–H and O–H groups in total. The summed E-state index contributed by atoms with van der Waals surface area (Å²) in [7, 11) is 1.48. The topological polar surface area (TPSA) is 210 Å². The molecule has 2 saturated heterocycles. The Morgan fingerprint density at radius 3 is 2.47 bits per heavy atom. The van der Waals surface area contributed by atoms with Gasteiger partial charge in [-0.25, -0.2) is 4.79 Å². The molecule has 0 spiro atoms. The van der Waals surface area contributed by atoms with Crippen LogP contribution < -0.4 is 25.5 Å². The van der Waals surface area contributed by atoms with Gasteiger partial charge in [-0.1, -0.05) is 25.8 Å². The Labute approximate surface area is 467 Å². The number of hydrogen-bond acceptors (Lipinski definition) is 16. The zero-order valence-corrected chi connectivity index (χ0v) is 49.1. The number of benzene rings is 3. The molecule has 5 amide bonds. The van der Waals surface area contributed by atoms with Crippen LogP contribution in [0.3, 0.4) is 0 Å². The standard InChI is InChI=1S/C56H63F2N10O9.Tl/c1-7-9-10-23-67(54(73)77-55(3,4)5)64-49-39-30-60-47(38-29-35(76-33-74-6)28-34-15-16-40(57)36(8-2)44(34)38)46(58)48(39)62-53(63-49)75-32-56(19-20-56)31-66-26-24-65(25-27-66)22-12-21-59-41-14-11-13-37-45(41)52(72)68(51(37)71)42-17-18-43(69)61-50(42)70;/h11,13-16,28-30,42,59H,7,9-10,12,17-27,31-33H2,1,3-6H3,(H,61,69,70)(H,62,63,64);. The Bertz CT molecular complexity index is 3210. The van der Waals surface area contributed by atoms with Crippen molar-refractivity contribution in [1.82, 2.24) is 40.0 Å². The van der Waals surface area contributed by atoms with Crippen LogP contribution in [0.5, 0.6) is 11.8 Å². The van der Waals surface area contributed by atoms with Gasteiger partial charge in [0.25, 0.3) is 11.8 Å². The van der Waals surface area contributed by atoms with Gasteiger partial charge in [0.1, 0.15) is 11.6 Å². The normalized spacial score (nSPS) is 17.4. The number of imide groups is 2. The SMILES string of the molecule is CCCCCN(Nc1nc(OCC2(CN3CCN(CCCNc4cccc5c4C(=O)N(C4CCC(=O)NC4=O)C5=O)CC3)CC2)nc2c(F)c(-c3cc(OCOC)cc4ccc(F)c(C#[C][Tl])c34)ncc12)C(=O)OC(C)(C)C. The number of fused-ring (bicyclic) bond motifs is 3. The second-order valence-corrected chi connectivity index (χ2v) is 22.3. The molecule has 0 radical (unpaired) electrons. The molecule has 1 unspecified atom stereocenters. The minimum atomic E-state index is -1.03. The summed E-state index contributed by atoms with van der Waals surface area (Å²) in [5.41, 5.74) is 3.17. The van der Waals surface area contributed by atoms with Gasteiger partial charge in [0.2, 0.25) is 11.8 Å². The molecule has 1 saturated carbocycles. The van der Waals surface area contributed by atoms with Gasteiger partial charge in [0, 0.05) is 63.3 Å². The first-order chi connectivity index (χ1) is 37.5. The molecule has 2 aromatic heterocycles. The molecule has 78 heavy (non-hydrogen) atoms. The van der Waals surface area contributed by atoms with Crippen LogP contribution in [0, 0.1) is 26.4 Å². The third-order valence-electron chi connectivity index (χ3n) is 14.3. The van der Waals surface area contributed by atoms with E-state index in [2.05, 4.69) is 52.2 Å². The van der Waals surface area contributed by atoms with Gasteiger partial charge >= 0.3 is 208 Å². The van der Waals surface area contributed by atoms with Gasteiger partial charge < -0.3 is 19.9 Å². The maximum absolute atomic E-state index is 17.6. The summed E-state index contributed by atoms with van der Waals surface area (Å²) in [6.45, 7) is 13.3. The van der Waals surface area contributed by atoms with Crippen molar-refractivity contribution in [2.45, 2.75) is 90.7 Å². The van der Waals surface area contributed by atoms with Crippen LogP contribution in [-0.2, 0) is 19.1 Å². The molecule has 9 rings (SSSR count). The number of carbonyl (C=O) groups excluding carboxylic acids is 5. The number of amides is 5. The molecular formula is C56H63F2N10O9Tl. The largest absolute Gasteiger partial charge is 0.442 e. The number of hydrazine groups is 1. The maximum Gasteiger partial charge on any atom is 0.429 e. The third kappa shape index (κ3) is 12.6. The Kier molecular flexibility index (Phi) is 17.4. The van der Waals surface area contributed by atoms with Gasteiger partial charge in [0.15, 0.2) is 0 Å². The van der Waals surface area contributed by atoms with Crippen LogP contribution >= 0.6 is 0 Å². The van der Waals surface area contributed by atoms with E-state index in [0.717, 1.165) is 76.3 Å². The summed E-state index contributed by atoms with van der Waals surface area (Å²) in [6, 6.07) is 10.1. The number of hydrogen-bond donors (Lipinski definition) is 3. The number of aromatic nitrogens is 3. The van der Waals surface area contributed by atoms with Crippen molar-refractivity contribution < 1.29 is 51.7 Å². The van der Waals surface area contributed by atoms with Gasteiger partial charge in [0.05, 0.1) is 11.1 Å². The minimum Gasteiger partial charge on any atom is -0.442 e. The van der Waals surface area contributed by atoms with Crippen molar-refractivity contribution in [3.8, 4) is 32.4 Å². The van der Waals surface area contributed by atoms with E-state index in [1.165, 1.54) is 24.4 Å². The smallest absolute Gasteiger partial charge is 0.429 e. The molecule has 4 aliphatic rings. The predicted octanol–water partition coefficient (Wildman–Crippen LogP) is 7.02. The molecule has 0 bridgehead atoms. The molecular weight excluding hydrogens is 1200 g/mol. The number of rotatable bonds is 21. The van der Waals surface area contributed by atoms with E-state index in [-0.39, 0.29) is 115 Å². The number of unbranched alkanes of at least 4 members (excludes halogenated alkanes) is 2. The van der Waals surface area contributed by atoms with Crippen molar-refractivity contribution >= 4 is 88.7 Å². The van der Waals surface area contributed by atoms with Gasteiger partial charge in [-0.3, -0.25) is 29.4 Å². The van der Waals surface area contributed by atoms with Crippen molar-refractivity contribution in [2.24, 2.45) is 5.41 Å². The molecule has 19 nitrogen and oxygen atoms in total. The second kappa shape index (κ2) is 24.2. The zero-order valence-electron chi connectivity index (χ0n) is 44.6. The second-order valence-electron chi connectivity index (χ2n) is 21.2. The number of ether oxygens (including phenoxy) is 4. The summed E-state index contributed by atoms with van der Waals surface area (Å²) < 4.78 is 59.3. The quantitative estimate of drug-likeness (QED) is 0.0168. The average Bonchev–Trinajstić information content (AvgIpc) is 4.22. The van der Waals surface area contributed by atoms with E-state index >= 15 is 8.78 Å². The predicted molar refractivity (Wildman–Crippen MR) is 288 cm³/mol. The molecule has 5 aromatic rings. The number of nitrogens with one attached hydrogen (secondary N) is 3. The average molecular weight is 1260 g/mol. The third-order valence-corrected chi connectivity index (χ3v) is 14.8. The first-order valence-corrected chi connectivity index (χ1v) is 28.6. The van der Waals surface area contributed by atoms with Crippen LogP contribution in [0.2, 0.25) is 0 Å². The van der Waals surface area contributed by atoms with E-state index in [4.69, 9.17) is 23.9 Å². The van der Waals surface area contributed by atoms with Crippen LogP contribution in [0.15, 0.2) is 48.7 Å². The number of methoxy groups -OCH3 is 1. The van der Waals surface area contributed by atoms with E-state index < -0.39 is 53.0 Å². The molecule has 408 valence electrons. The van der Waals surface area contributed by atoms with Crippen LogP contribution in [0.4, 0.5) is 25.1 Å². The Morgan fingerprint density at radius 2 is 1.76 bits per heavy atom. The summed E-state index contributed by atoms with van der Waals surface area (Å²) in [6.07, 6.45) is 5.89. The Hall–Kier alpha value is -6.62. The van der Waals surface area contributed by atoms with Crippen molar-refractivity contribution in [2.75, 3.05) is 83.6 Å². The first kappa shape index (κ1) is 56.1. The molecule has 22 heteroatoms. The summed E-state index contributed by atoms with van der Waals surface area (Å²) in [5.74, 6) is -0.207. The van der Waals surface area contributed by atoms with Gasteiger partial charge in [-0.15, -0.1) is 0 Å². The molecule has 3 aliphatic heterocycles. The van der Waals surface area contributed by atoms with E-state index in [9.17, 15) is 24.0 Å². The van der Waals surface area contributed by atoms with Crippen molar-refractivity contribution in [1.29, 1.82) is 0 Å². The van der Waals surface area contributed by atoms with Crippen molar-refractivity contribution in [3.63, 3.8) is 0 Å². The van der Waals surface area contributed by atoms with Crippen LogP contribution in [0.1, 0.15) is 105 Å². The fraction of sp³-hybridized carbons (Fsp3) is 0.464. The van der Waals surface area contributed by atoms with Crippen molar-refractivity contribution in [3.05, 3.63) is 77.0 Å². The summed E-state index contributed by atoms with van der Waals surface area (Å²) in [5, 5.41) is 7.98. The van der Waals surface area contributed by atoms with Crippen LogP contribution in [-0.4, -0.2) is 175 Å². The minimum absolute atomic E-state index is 0.0506. The molecule has 3 fully saturated rings. The first-order valence-electron chi connectivity index (χ1n) is 26.4. The molecule has 3 aromatic carbocycles. The summed E-state index contributed by atoms with van der Waals surface area (Å²) >= 11 is 0.252. The van der Waals surface area contributed by atoms with Crippen LogP contribution in [0.25, 0.3) is 32.9 Å². The Balaban J connectivity index is 0.895. The number of piperidine rings is 1. The fourth-order valence-corrected chi connectivity index (χ4v) is 10.7. The van der Waals surface area contributed by atoms with E-state index in [1.807, 2.05) is 0 Å². The molecule has 1 atom stereocenters. The van der Waals surface area contributed by atoms with Gasteiger partial charge in [-0.05, 0) is 71.6 Å². The number of carbonyl (C=O) groups is 5. The maximum atomic E-state index is 17.6. The van der Waals surface area contributed by atoms with Gasteiger partial charge in [-0.2, -0.15) is 0 Å². The fourth-order valence-electron chi connectivity index (χ4n) is 10.1. The number of anilines is 2. The number of piperazine rings is 1. The monoisotopic (exact) mass is 1260 g/mol. The number of nitrogens with zero attached hydrogens (tertiary/aromatic N) is 7. The Morgan fingerprint density at radius 1 is 0.974 bits per heavy atom. The number of pyridine rings is 1. The zero-order chi connectivity index (χ0) is 55.3.